The number of rotatable bonds is 0. The lowest BCUT2D eigenvalue weighted by Gasteiger charge is -2.36. The third kappa shape index (κ3) is 1.31. The van der Waals surface area contributed by atoms with E-state index in [9.17, 15) is 9.90 Å². The third-order valence-corrected chi connectivity index (χ3v) is 4.04. The van der Waals surface area contributed by atoms with Crippen LogP contribution in [0.25, 0.3) is 0 Å². The molecule has 2 atom stereocenters. The molecule has 0 aliphatic heterocycles. The smallest absolute Gasteiger partial charge is 0.170 e. The van der Waals surface area contributed by atoms with Crippen molar-refractivity contribution in [1.29, 1.82) is 0 Å². The summed E-state index contributed by atoms with van der Waals surface area (Å²) < 4.78 is 0. The average Bonchev–Trinajstić information content (AvgIpc) is 2.12. The van der Waals surface area contributed by atoms with Crippen LogP contribution in [0.4, 0.5) is 0 Å². The first-order valence-corrected chi connectivity index (χ1v) is 5.31. The Balaban J connectivity index is 3.15. The van der Waals surface area contributed by atoms with Crippen LogP contribution in [-0.2, 0) is 4.79 Å². The Hall–Kier alpha value is -0.370. The maximum absolute atomic E-state index is 12.2. The van der Waals surface area contributed by atoms with Crippen molar-refractivity contribution in [2.24, 2.45) is 16.7 Å². The molecule has 0 spiro atoms. The van der Waals surface area contributed by atoms with Gasteiger partial charge in [-0.15, -0.1) is 0 Å². The molecule has 82 valence electrons. The molecule has 0 heterocycles. The van der Waals surface area contributed by atoms with Crippen LogP contribution in [0.1, 0.15) is 48.0 Å². The molecule has 1 saturated carbocycles. The van der Waals surface area contributed by atoms with E-state index in [1.807, 2.05) is 41.5 Å². The molecule has 1 aliphatic carbocycles. The number of aliphatic hydroxyl groups is 1. The van der Waals surface area contributed by atoms with E-state index in [1.54, 1.807) is 0 Å². The van der Waals surface area contributed by atoms with Gasteiger partial charge in [-0.05, 0) is 17.8 Å². The zero-order valence-electron chi connectivity index (χ0n) is 10.1. The molecule has 0 aromatic rings. The fourth-order valence-electron chi connectivity index (χ4n) is 2.19. The van der Waals surface area contributed by atoms with Crippen LogP contribution in [-0.4, -0.2) is 16.5 Å². The van der Waals surface area contributed by atoms with Gasteiger partial charge in [0.25, 0.3) is 0 Å². The average molecular weight is 198 g/mol. The highest BCUT2D eigenvalue weighted by atomic mass is 16.3. The summed E-state index contributed by atoms with van der Waals surface area (Å²) in [4.78, 5) is 12.2. The molecule has 1 aliphatic rings. The lowest BCUT2D eigenvalue weighted by molar-refractivity contribution is -0.150. The van der Waals surface area contributed by atoms with Crippen molar-refractivity contribution < 1.29 is 9.90 Å². The first-order chi connectivity index (χ1) is 6.03. The Kier molecular flexibility index (Phi) is 2.35. The molecule has 14 heavy (non-hydrogen) atoms. The van der Waals surface area contributed by atoms with Crippen LogP contribution >= 0.6 is 0 Å². The minimum absolute atomic E-state index is 0.00463. The van der Waals surface area contributed by atoms with Gasteiger partial charge in [0.15, 0.2) is 5.78 Å². The quantitative estimate of drug-likeness (QED) is 0.649. The molecule has 0 radical (unpaired) electrons. The van der Waals surface area contributed by atoms with Gasteiger partial charge in [0.1, 0.15) is 5.60 Å². The Morgan fingerprint density at radius 1 is 1.36 bits per heavy atom. The van der Waals surface area contributed by atoms with Crippen LogP contribution in [0.5, 0.6) is 0 Å². The Labute approximate surface area is 86.7 Å². The van der Waals surface area contributed by atoms with Gasteiger partial charge in [-0.2, -0.15) is 0 Å². The highest BCUT2D eigenvalue weighted by molar-refractivity contribution is 5.95. The van der Waals surface area contributed by atoms with Crippen molar-refractivity contribution in [1.82, 2.24) is 0 Å². The fourth-order valence-corrected chi connectivity index (χ4v) is 2.19. The molecule has 0 unspecified atom stereocenters. The highest BCUT2D eigenvalue weighted by Crippen LogP contribution is 2.51. The van der Waals surface area contributed by atoms with Gasteiger partial charge < -0.3 is 5.11 Å². The summed E-state index contributed by atoms with van der Waals surface area (Å²) >= 11 is 0. The lowest BCUT2D eigenvalue weighted by atomic mass is 9.72. The molecule has 0 amide bonds. The minimum Gasteiger partial charge on any atom is -0.381 e. The van der Waals surface area contributed by atoms with Crippen LogP contribution in [0, 0.1) is 16.7 Å². The van der Waals surface area contributed by atoms with E-state index in [2.05, 4.69) is 0 Å². The van der Waals surface area contributed by atoms with Crippen molar-refractivity contribution in [2.75, 3.05) is 0 Å². The lowest BCUT2D eigenvalue weighted by Crippen LogP contribution is -2.49. The Morgan fingerprint density at radius 3 is 1.93 bits per heavy atom. The van der Waals surface area contributed by atoms with E-state index in [1.165, 1.54) is 0 Å². The maximum Gasteiger partial charge on any atom is 0.170 e. The number of Topliss-reactive ketones (excluding diaryl/α,β-unsaturated/α-hetero) is 1. The zero-order chi connectivity index (χ0) is 11.4. The van der Waals surface area contributed by atoms with Crippen molar-refractivity contribution in [3.05, 3.63) is 0 Å². The molecule has 1 N–H and O–H groups in total. The van der Waals surface area contributed by atoms with E-state index < -0.39 is 5.60 Å². The maximum atomic E-state index is 12.2. The van der Waals surface area contributed by atoms with Gasteiger partial charge >= 0.3 is 0 Å². The van der Waals surface area contributed by atoms with Crippen molar-refractivity contribution in [2.45, 2.75) is 53.6 Å². The monoisotopic (exact) mass is 198 g/mol. The second-order valence-electron chi connectivity index (χ2n) is 6.27. The van der Waals surface area contributed by atoms with Crippen LogP contribution in [0.2, 0.25) is 0 Å². The number of hydrogen-bond donors (Lipinski definition) is 1. The van der Waals surface area contributed by atoms with E-state index >= 15 is 0 Å². The number of ketones is 1. The summed E-state index contributed by atoms with van der Waals surface area (Å²) in [6.45, 7) is 11.7. The first kappa shape index (κ1) is 11.7. The van der Waals surface area contributed by atoms with E-state index in [0.717, 1.165) is 0 Å². The van der Waals surface area contributed by atoms with Crippen molar-refractivity contribution in [3.63, 3.8) is 0 Å². The Morgan fingerprint density at radius 2 is 1.79 bits per heavy atom. The summed E-state index contributed by atoms with van der Waals surface area (Å²) in [5.41, 5.74) is -1.90. The second-order valence-corrected chi connectivity index (χ2v) is 6.27. The predicted molar refractivity (Wildman–Crippen MR) is 57.0 cm³/mol. The zero-order valence-corrected chi connectivity index (χ0v) is 10.1. The molecule has 1 rings (SSSR count). The number of carbonyl (C=O) groups excluding carboxylic acids is 1. The summed E-state index contributed by atoms with van der Waals surface area (Å²) in [5.74, 6) is 0.254. The molecule has 2 heteroatoms. The van der Waals surface area contributed by atoms with Crippen molar-refractivity contribution >= 4 is 5.78 Å². The minimum atomic E-state index is -1.14. The SMILES string of the molecule is C[C@H]1C[C@](O)(C(C)(C)C)C(=O)C1(C)C. The van der Waals surface area contributed by atoms with Crippen LogP contribution < -0.4 is 0 Å². The van der Waals surface area contributed by atoms with E-state index in [4.69, 9.17) is 0 Å². The molecule has 1 fully saturated rings. The predicted octanol–water partition coefficient (Wildman–Crippen LogP) is 2.40. The van der Waals surface area contributed by atoms with E-state index in [0.29, 0.717) is 6.42 Å². The molecule has 0 aromatic carbocycles. The Bertz CT molecular complexity index is 260. The van der Waals surface area contributed by atoms with Gasteiger partial charge in [-0.1, -0.05) is 41.5 Å². The molecule has 0 bridgehead atoms. The molecule has 0 aromatic heterocycles. The van der Waals surface area contributed by atoms with E-state index in [-0.39, 0.29) is 22.5 Å². The van der Waals surface area contributed by atoms with Crippen molar-refractivity contribution in [3.8, 4) is 0 Å². The van der Waals surface area contributed by atoms with Crippen LogP contribution in [0.15, 0.2) is 0 Å². The second kappa shape index (κ2) is 2.82. The topological polar surface area (TPSA) is 37.3 Å². The molecular formula is C12H22O2. The fraction of sp³-hybridized carbons (Fsp3) is 0.917. The van der Waals surface area contributed by atoms with Crippen LogP contribution in [0.3, 0.4) is 0 Å². The van der Waals surface area contributed by atoms with Gasteiger partial charge in [-0.3, -0.25) is 4.79 Å². The van der Waals surface area contributed by atoms with Gasteiger partial charge in [0.05, 0.1) is 0 Å². The van der Waals surface area contributed by atoms with Gasteiger partial charge in [-0.25, -0.2) is 0 Å². The standard InChI is InChI=1S/C12H22O2/c1-8-7-12(14,10(2,3)4)9(13)11(8,5)6/h8,14H,7H2,1-6H3/t8-,12+/m0/s1. The molecule has 0 saturated heterocycles. The molecule has 2 nitrogen and oxygen atoms in total. The van der Waals surface area contributed by atoms with Gasteiger partial charge in [0.2, 0.25) is 0 Å². The summed E-state index contributed by atoms with van der Waals surface area (Å²) in [6, 6.07) is 0. The summed E-state index contributed by atoms with van der Waals surface area (Å²) in [5, 5.41) is 10.5. The highest BCUT2D eigenvalue weighted by Gasteiger charge is 2.59. The largest absolute Gasteiger partial charge is 0.381 e. The molecular weight excluding hydrogens is 176 g/mol. The first-order valence-electron chi connectivity index (χ1n) is 5.31. The number of carbonyl (C=O) groups is 1. The normalized spacial score (nSPS) is 37.6. The summed E-state index contributed by atoms with van der Waals surface area (Å²) in [7, 11) is 0. The third-order valence-electron chi connectivity index (χ3n) is 4.04. The number of hydrogen-bond acceptors (Lipinski definition) is 2. The van der Waals surface area contributed by atoms with Gasteiger partial charge in [0, 0.05) is 5.41 Å². The summed E-state index contributed by atoms with van der Waals surface area (Å²) in [6.07, 6.45) is 0.586.